The molecule has 0 bridgehead atoms. The van der Waals surface area contributed by atoms with Crippen LogP contribution in [0.2, 0.25) is 0 Å². The van der Waals surface area contributed by atoms with Crippen LogP contribution < -0.4 is 0 Å². The molecule has 0 saturated heterocycles. The standard InChI is InChI=1S/C9H15ClO2/c1-8(9(11)12)6-4-2-3-5-7-10/h1-7H2,(H,11,12). The summed E-state index contributed by atoms with van der Waals surface area (Å²) in [4.78, 5) is 10.3. The molecule has 70 valence electrons. The molecule has 0 saturated carbocycles. The molecule has 0 aromatic carbocycles. The Balaban J connectivity index is 3.20. The van der Waals surface area contributed by atoms with Gasteiger partial charge in [-0.1, -0.05) is 19.4 Å². The lowest BCUT2D eigenvalue weighted by Gasteiger charge is -1.99. The van der Waals surface area contributed by atoms with Crippen LogP contribution in [0.3, 0.4) is 0 Å². The van der Waals surface area contributed by atoms with E-state index in [0.717, 1.165) is 25.7 Å². The number of rotatable bonds is 7. The van der Waals surface area contributed by atoms with E-state index < -0.39 is 5.97 Å². The summed E-state index contributed by atoms with van der Waals surface area (Å²) in [6.45, 7) is 3.45. The topological polar surface area (TPSA) is 37.3 Å². The molecule has 0 fully saturated rings. The Kier molecular flexibility index (Phi) is 6.87. The fourth-order valence-electron chi connectivity index (χ4n) is 0.893. The zero-order chi connectivity index (χ0) is 9.40. The van der Waals surface area contributed by atoms with Gasteiger partial charge in [0.15, 0.2) is 0 Å². The van der Waals surface area contributed by atoms with Crippen molar-refractivity contribution in [2.24, 2.45) is 0 Å². The Morgan fingerprint density at radius 2 is 1.83 bits per heavy atom. The number of carboxylic acids is 1. The van der Waals surface area contributed by atoms with E-state index in [1.807, 2.05) is 0 Å². The molecule has 3 heteroatoms. The summed E-state index contributed by atoms with van der Waals surface area (Å²) in [7, 11) is 0. The molecule has 0 aliphatic rings. The number of hydrogen-bond acceptors (Lipinski definition) is 1. The third-order valence-corrected chi connectivity index (χ3v) is 1.93. The van der Waals surface area contributed by atoms with Crippen LogP contribution in [0.15, 0.2) is 12.2 Å². The number of hydrogen-bond donors (Lipinski definition) is 1. The number of unbranched alkanes of at least 4 members (excludes halogenated alkanes) is 3. The fraction of sp³-hybridized carbons (Fsp3) is 0.667. The summed E-state index contributed by atoms with van der Waals surface area (Å²) in [6, 6.07) is 0. The Labute approximate surface area is 78.2 Å². The van der Waals surface area contributed by atoms with Crippen LogP contribution in [0.1, 0.15) is 32.1 Å². The first-order valence-electron chi connectivity index (χ1n) is 4.15. The fourth-order valence-corrected chi connectivity index (χ4v) is 1.08. The minimum Gasteiger partial charge on any atom is -0.478 e. The molecular formula is C9H15ClO2. The van der Waals surface area contributed by atoms with Gasteiger partial charge < -0.3 is 5.11 Å². The quantitative estimate of drug-likeness (QED) is 0.381. The third-order valence-electron chi connectivity index (χ3n) is 1.66. The summed E-state index contributed by atoms with van der Waals surface area (Å²) in [6.07, 6.45) is 4.64. The van der Waals surface area contributed by atoms with Gasteiger partial charge in [0, 0.05) is 11.5 Å². The predicted molar refractivity (Wildman–Crippen MR) is 50.6 cm³/mol. The van der Waals surface area contributed by atoms with Gasteiger partial charge in [0.05, 0.1) is 0 Å². The molecule has 2 nitrogen and oxygen atoms in total. The first-order valence-corrected chi connectivity index (χ1v) is 4.69. The average molecular weight is 191 g/mol. The summed E-state index contributed by atoms with van der Waals surface area (Å²) in [5, 5.41) is 8.46. The van der Waals surface area contributed by atoms with E-state index in [-0.39, 0.29) is 0 Å². The molecule has 12 heavy (non-hydrogen) atoms. The Morgan fingerprint density at radius 3 is 2.33 bits per heavy atom. The Bertz CT molecular complexity index is 155. The number of halogens is 1. The van der Waals surface area contributed by atoms with Crippen molar-refractivity contribution in [2.45, 2.75) is 32.1 Å². The van der Waals surface area contributed by atoms with Crippen molar-refractivity contribution >= 4 is 17.6 Å². The van der Waals surface area contributed by atoms with Crippen LogP contribution in [0, 0.1) is 0 Å². The van der Waals surface area contributed by atoms with Crippen LogP contribution in [-0.4, -0.2) is 17.0 Å². The summed E-state index contributed by atoms with van der Waals surface area (Å²) in [5.74, 6) is -0.188. The number of alkyl halides is 1. The molecule has 0 radical (unpaired) electrons. The van der Waals surface area contributed by atoms with Gasteiger partial charge >= 0.3 is 5.97 Å². The lowest BCUT2D eigenvalue weighted by atomic mass is 10.1. The van der Waals surface area contributed by atoms with Gasteiger partial charge in [-0.15, -0.1) is 11.6 Å². The van der Waals surface area contributed by atoms with Crippen molar-refractivity contribution in [3.63, 3.8) is 0 Å². The highest BCUT2D eigenvalue weighted by molar-refractivity contribution is 6.17. The normalized spacial score (nSPS) is 9.75. The van der Waals surface area contributed by atoms with E-state index in [1.165, 1.54) is 0 Å². The van der Waals surface area contributed by atoms with Crippen molar-refractivity contribution in [2.75, 3.05) is 5.88 Å². The lowest BCUT2D eigenvalue weighted by Crippen LogP contribution is -1.98. The Hall–Kier alpha value is -0.500. The zero-order valence-electron chi connectivity index (χ0n) is 7.18. The van der Waals surface area contributed by atoms with Crippen LogP contribution in [0.25, 0.3) is 0 Å². The van der Waals surface area contributed by atoms with Gasteiger partial charge in [0.2, 0.25) is 0 Å². The largest absolute Gasteiger partial charge is 0.478 e. The monoisotopic (exact) mass is 190 g/mol. The van der Waals surface area contributed by atoms with Gasteiger partial charge in [-0.2, -0.15) is 0 Å². The molecule has 0 spiro atoms. The molecule has 0 aliphatic carbocycles. The molecule has 0 amide bonds. The first-order chi connectivity index (χ1) is 5.68. The maximum Gasteiger partial charge on any atom is 0.330 e. The molecule has 0 rings (SSSR count). The van der Waals surface area contributed by atoms with E-state index in [2.05, 4.69) is 6.58 Å². The number of carboxylic acid groups (broad SMARTS) is 1. The molecule has 0 unspecified atom stereocenters. The summed E-state index contributed by atoms with van der Waals surface area (Å²) < 4.78 is 0. The second-order valence-electron chi connectivity index (χ2n) is 2.76. The van der Waals surface area contributed by atoms with Crippen molar-refractivity contribution in [1.82, 2.24) is 0 Å². The number of carbonyl (C=O) groups is 1. The highest BCUT2D eigenvalue weighted by Gasteiger charge is 2.01. The average Bonchev–Trinajstić information content (AvgIpc) is 2.03. The highest BCUT2D eigenvalue weighted by atomic mass is 35.5. The summed E-state index contributed by atoms with van der Waals surface area (Å²) >= 11 is 5.48. The van der Waals surface area contributed by atoms with E-state index in [9.17, 15) is 4.79 Å². The van der Waals surface area contributed by atoms with E-state index in [4.69, 9.17) is 16.7 Å². The number of aliphatic carboxylic acids is 1. The van der Waals surface area contributed by atoms with Gasteiger partial charge in [-0.3, -0.25) is 0 Å². The van der Waals surface area contributed by atoms with Crippen LogP contribution >= 0.6 is 11.6 Å². The van der Waals surface area contributed by atoms with Crippen LogP contribution in [0.4, 0.5) is 0 Å². The Morgan fingerprint density at radius 1 is 1.25 bits per heavy atom. The second-order valence-corrected chi connectivity index (χ2v) is 3.14. The maximum absolute atomic E-state index is 10.3. The van der Waals surface area contributed by atoms with Gasteiger partial charge in [-0.05, 0) is 19.3 Å². The molecular weight excluding hydrogens is 176 g/mol. The van der Waals surface area contributed by atoms with Crippen LogP contribution in [-0.2, 0) is 4.79 Å². The zero-order valence-corrected chi connectivity index (χ0v) is 7.94. The molecule has 1 N–H and O–H groups in total. The third kappa shape index (κ3) is 6.23. The van der Waals surface area contributed by atoms with Crippen molar-refractivity contribution < 1.29 is 9.90 Å². The maximum atomic E-state index is 10.3. The smallest absolute Gasteiger partial charge is 0.330 e. The van der Waals surface area contributed by atoms with E-state index >= 15 is 0 Å². The van der Waals surface area contributed by atoms with Gasteiger partial charge in [0.1, 0.15) is 0 Å². The molecule has 0 aliphatic heterocycles. The summed E-state index contributed by atoms with van der Waals surface area (Å²) in [5.41, 5.74) is 0.306. The SMILES string of the molecule is C=C(CCCCCCCl)C(=O)O. The minimum absolute atomic E-state index is 0.306. The molecule has 0 aromatic heterocycles. The van der Waals surface area contributed by atoms with E-state index in [0.29, 0.717) is 17.9 Å². The predicted octanol–water partition coefficient (Wildman–Crippen LogP) is 2.82. The van der Waals surface area contributed by atoms with Crippen molar-refractivity contribution in [3.8, 4) is 0 Å². The first kappa shape index (κ1) is 11.5. The highest BCUT2D eigenvalue weighted by Crippen LogP contribution is 2.08. The minimum atomic E-state index is -0.882. The molecule has 0 heterocycles. The van der Waals surface area contributed by atoms with Crippen molar-refractivity contribution in [3.05, 3.63) is 12.2 Å². The van der Waals surface area contributed by atoms with Crippen molar-refractivity contribution in [1.29, 1.82) is 0 Å². The van der Waals surface area contributed by atoms with Gasteiger partial charge in [-0.25, -0.2) is 4.79 Å². The van der Waals surface area contributed by atoms with Gasteiger partial charge in [0.25, 0.3) is 0 Å². The molecule has 0 atom stereocenters. The van der Waals surface area contributed by atoms with E-state index in [1.54, 1.807) is 0 Å². The lowest BCUT2D eigenvalue weighted by molar-refractivity contribution is -0.132. The second kappa shape index (κ2) is 7.17. The van der Waals surface area contributed by atoms with Crippen LogP contribution in [0.5, 0.6) is 0 Å². The molecule has 0 aromatic rings.